The van der Waals surface area contributed by atoms with Gasteiger partial charge in [-0.1, -0.05) is 5.16 Å². The number of fused-ring (bicyclic) bond motifs is 2. The summed E-state index contributed by atoms with van der Waals surface area (Å²) in [6, 6.07) is 1.31. The average molecular weight is 183 g/mol. The molecule has 2 saturated heterocycles. The van der Waals surface area contributed by atoms with Crippen molar-refractivity contribution in [1.82, 2.24) is 4.90 Å². The maximum absolute atomic E-state index is 8.60. The molecule has 2 fully saturated rings. The highest BCUT2D eigenvalue weighted by Crippen LogP contribution is 2.37. The first-order chi connectivity index (χ1) is 6.22. The number of hydrogen-bond acceptors (Lipinski definition) is 3. The minimum Gasteiger partial charge on any atom is -0.409 e. The van der Waals surface area contributed by atoms with Crippen molar-refractivity contribution in [2.24, 2.45) is 16.8 Å². The van der Waals surface area contributed by atoms with Crippen LogP contribution in [0.3, 0.4) is 0 Å². The molecule has 2 unspecified atom stereocenters. The average Bonchev–Trinajstić information content (AvgIpc) is 2.42. The third-order valence-corrected chi connectivity index (χ3v) is 3.63. The molecule has 2 atom stereocenters. The highest BCUT2D eigenvalue weighted by atomic mass is 16.4. The van der Waals surface area contributed by atoms with Crippen molar-refractivity contribution in [1.29, 1.82) is 0 Å². The smallest absolute Gasteiger partial charge is 0.142 e. The van der Waals surface area contributed by atoms with E-state index in [9.17, 15) is 0 Å². The van der Waals surface area contributed by atoms with Gasteiger partial charge in [0, 0.05) is 18.0 Å². The number of hydrogen-bond donors (Lipinski definition) is 2. The largest absolute Gasteiger partial charge is 0.409 e. The van der Waals surface area contributed by atoms with Crippen molar-refractivity contribution in [3.63, 3.8) is 0 Å². The van der Waals surface area contributed by atoms with Crippen LogP contribution in [0.2, 0.25) is 0 Å². The first kappa shape index (κ1) is 8.81. The predicted octanol–water partition coefficient (Wildman–Crippen LogP) is 0.606. The monoisotopic (exact) mass is 183 g/mol. The fraction of sp³-hybridized carbons (Fsp3) is 0.889. The van der Waals surface area contributed by atoms with Crippen molar-refractivity contribution in [2.45, 2.75) is 37.8 Å². The van der Waals surface area contributed by atoms with E-state index in [2.05, 4.69) is 17.1 Å². The number of amidine groups is 1. The maximum atomic E-state index is 8.60. The quantitative estimate of drug-likeness (QED) is 0.271. The summed E-state index contributed by atoms with van der Waals surface area (Å²) in [7, 11) is 2.19. The number of nitrogens with zero attached hydrogens (tertiary/aromatic N) is 2. The van der Waals surface area contributed by atoms with Gasteiger partial charge in [-0.3, -0.25) is 0 Å². The van der Waals surface area contributed by atoms with Gasteiger partial charge in [0.05, 0.1) is 0 Å². The van der Waals surface area contributed by atoms with E-state index >= 15 is 0 Å². The van der Waals surface area contributed by atoms with E-state index in [1.807, 2.05) is 0 Å². The van der Waals surface area contributed by atoms with Crippen LogP contribution in [-0.4, -0.2) is 35.1 Å². The van der Waals surface area contributed by atoms with Gasteiger partial charge >= 0.3 is 0 Å². The van der Waals surface area contributed by atoms with Crippen molar-refractivity contribution in [2.75, 3.05) is 7.05 Å². The fourth-order valence-electron chi connectivity index (χ4n) is 2.73. The fourth-order valence-corrected chi connectivity index (χ4v) is 2.73. The highest BCUT2D eigenvalue weighted by Gasteiger charge is 2.39. The van der Waals surface area contributed by atoms with Crippen LogP contribution in [-0.2, 0) is 0 Å². The summed E-state index contributed by atoms with van der Waals surface area (Å²) in [4.78, 5) is 2.45. The molecule has 2 bridgehead atoms. The molecule has 2 rings (SSSR count). The first-order valence-electron chi connectivity index (χ1n) is 4.91. The van der Waals surface area contributed by atoms with Gasteiger partial charge in [0.1, 0.15) is 5.84 Å². The second-order valence-corrected chi connectivity index (χ2v) is 4.24. The van der Waals surface area contributed by atoms with Crippen molar-refractivity contribution < 1.29 is 5.21 Å². The van der Waals surface area contributed by atoms with Crippen molar-refractivity contribution in [3.05, 3.63) is 0 Å². The lowest BCUT2D eigenvalue weighted by molar-refractivity contribution is 0.156. The van der Waals surface area contributed by atoms with Crippen LogP contribution in [0.5, 0.6) is 0 Å². The van der Waals surface area contributed by atoms with E-state index in [0.717, 1.165) is 12.8 Å². The molecule has 0 aliphatic carbocycles. The summed E-state index contributed by atoms with van der Waals surface area (Å²) in [6.45, 7) is 0. The molecule has 4 heteroatoms. The molecule has 2 aliphatic rings. The van der Waals surface area contributed by atoms with Gasteiger partial charge in [0.25, 0.3) is 0 Å². The molecule has 0 amide bonds. The van der Waals surface area contributed by atoms with E-state index in [1.165, 1.54) is 12.8 Å². The summed E-state index contributed by atoms with van der Waals surface area (Å²) < 4.78 is 0. The van der Waals surface area contributed by atoms with Gasteiger partial charge < -0.3 is 15.8 Å². The molecule has 0 aromatic rings. The molecular formula is C9H17N3O. The zero-order valence-corrected chi connectivity index (χ0v) is 7.98. The van der Waals surface area contributed by atoms with Gasteiger partial charge in [-0.2, -0.15) is 0 Å². The Kier molecular flexibility index (Phi) is 2.15. The molecule has 0 saturated carbocycles. The van der Waals surface area contributed by atoms with E-state index in [1.54, 1.807) is 0 Å². The number of rotatable bonds is 1. The predicted molar refractivity (Wildman–Crippen MR) is 50.7 cm³/mol. The molecule has 0 aromatic carbocycles. The zero-order valence-electron chi connectivity index (χ0n) is 7.98. The Balaban J connectivity index is 2.07. The second kappa shape index (κ2) is 3.18. The Morgan fingerprint density at radius 2 is 1.92 bits per heavy atom. The van der Waals surface area contributed by atoms with Gasteiger partial charge in [-0.15, -0.1) is 0 Å². The van der Waals surface area contributed by atoms with Gasteiger partial charge in [-0.05, 0) is 32.7 Å². The normalized spacial score (nSPS) is 41.0. The highest BCUT2D eigenvalue weighted by molar-refractivity contribution is 5.82. The lowest BCUT2D eigenvalue weighted by Crippen LogP contribution is -2.43. The standard InChI is InChI=1S/C9H17N3O/c1-12-7-2-3-8(12)5-6(4-7)9(10)11-13/h6-8,13H,2-5H2,1H3,(H2,10,11). The molecule has 74 valence electrons. The summed E-state index contributed by atoms with van der Waals surface area (Å²) >= 11 is 0. The van der Waals surface area contributed by atoms with Crippen LogP contribution in [0.1, 0.15) is 25.7 Å². The lowest BCUT2D eigenvalue weighted by atomic mass is 9.90. The van der Waals surface area contributed by atoms with Crippen LogP contribution in [0.15, 0.2) is 5.16 Å². The van der Waals surface area contributed by atoms with Gasteiger partial charge in [0.15, 0.2) is 0 Å². The van der Waals surface area contributed by atoms with Gasteiger partial charge in [-0.25, -0.2) is 0 Å². The van der Waals surface area contributed by atoms with E-state index in [4.69, 9.17) is 10.9 Å². The molecule has 2 aliphatic heterocycles. The van der Waals surface area contributed by atoms with E-state index < -0.39 is 0 Å². The second-order valence-electron chi connectivity index (χ2n) is 4.24. The minimum absolute atomic E-state index is 0.304. The third kappa shape index (κ3) is 1.39. The number of oxime groups is 1. The molecule has 0 spiro atoms. The maximum Gasteiger partial charge on any atom is 0.142 e. The minimum atomic E-state index is 0.304. The van der Waals surface area contributed by atoms with Gasteiger partial charge in [0.2, 0.25) is 0 Å². The SMILES string of the molecule is CN1C2CCC1CC(C(N)=NO)C2. The molecule has 0 radical (unpaired) electrons. The van der Waals surface area contributed by atoms with E-state index in [-0.39, 0.29) is 0 Å². The Morgan fingerprint density at radius 1 is 1.38 bits per heavy atom. The third-order valence-electron chi connectivity index (χ3n) is 3.63. The van der Waals surface area contributed by atoms with Crippen LogP contribution < -0.4 is 5.73 Å². The zero-order chi connectivity index (χ0) is 9.42. The molecule has 4 nitrogen and oxygen atoms in total. The van der Waals surface area contributed by atoms with Crippen LogP contribution in [0.4, 0.5) is 0 Å². The van der Waals surface area contributed by atoms with Crippen LogP contribution in [0, 0.1) is 5.92 Å². The van der Waals surface area contributed by atoms with Crippen LogP contribution in [0.25, 0.3) is 0 Å². The summed E-state index contributed by atoms with van der Waals surface area (Å²) in [5.41, 5.74) is 5.63. The summed E-state index contributed by atoms with van der Waals surface area (Å²) in [6.07, 6.45) is 4.67. The molecule has 3 N–H and O–H groups in total. The summed E-state index contributed by atoms with van der Waals surface area (Å²) in [5, 5.41) is 11.7. The Labute approximate surface area is 78.4 Å². The van der Waals surface area contributed by atoms with Crippen LogP contribution >= 0.6 is 0 Å². The Hall–Kier alpha value is -0.770. The summed E-state index contributed by atoms with van der Waals surface area (Å²) in [5.74, 6) is 0.726. The molecule has 2 heterocycles. The molecule has 13 heavy (non-hydrogen) atoms. The Bertz CT molecular complexity index is 215. The van der Waals surface area contributed by atoms with Crippen molar-refractivity contribution >= 4 is 5.84 Å². The molecular weight excluding hydrogens is 166 g/mol. The van der Waals surface area contributed by atoms with Crippen molar-refractivity contribution in [3.8, 4) is 0 Å². The first-order valence-corrected chi connectivity index (χ1v) is 4.91. The molecule has 0 aromatic heterocycles. The number of nitrogens with two attached hydrogens (primary N) is 1. The topological polar surface area (TPSA) is 61.8 Å². The Morgan fingerprint density at radius 3 is 2.38 bits per heavy atom. The number of piperidine rings is 1. The lowest BCUT2D eigenvalue weighted by Gasteiger charge is -2.35. The van der Waals surface area contributed by atoms with E-state index in [0.29, 0.717) is 23.8 Å².